The lowest BCUT2D eigenvalue weighted by Crippen LogP contribution is -2.30. The van der Waals surface area contributed by atoms with Crippen molar-refractivity contribution in [3.8, 4) is 0 Å². The molecule has 0 spiro atoms. The molecule has 5 heteroatoms. The van der Waals surface area contributed by atoms with Crippen molar-refractivity contribution < 1.29 is 23.8 Å². The maximum atomic E-state index is 12.8. The second-order valence-electron chi connectivity index (χ2n) is 18.8. The van der Waals surface area contributed by atoms with E-state index in [4.69, 9.17) is 14.2 Å². The van der Waals surface area contributed by atoms with E-state index in [1.165, 1.54) is 161 Å². The second kappa shape index (κ2) is 56.7. The Balaban J connectivity index is 4.30. The van der Waals surface area contributed by atoms with Crippen molar-refractivity contribution in [3.63, 3.8) is 0 Å². The Labute approximate surface area is 410 Å². The number of esters is 2. The number of rotatable bonds is 52. The van der Waals surface area contributed by atoms with E-state index >= 15 is 0 Å². The molecule has 0 amide bonds. The van der Waals surface area contributed by atoms with Gasteiger partial charge in [-0.1, -0.05) is 248 Å². The van der Waals surface area contributed by atoms with Crippen LogP contribution in [0.15, 0.2) is 72.9 Å². The van der Waals surface area contributed by atoms with E-state index in [0.717, 1.165) is 83.5 Å². The molecule has 0 saturated heterocycles. The molecule has 0 aliphatic rings. The van der Waals surface area contributed by atoms with Crippen LogP contribution in [-0.2, 0) is 23.8 Å². The van der Waals surface area contributed by atoms with Gasteiger partial charge in [-0.05, 0) is 89.9 Å². The molecule has 0 aliphatic heterocycles. The molecule has 382 valence electrons. The van der Waals surface area contributed by atoms with Gasteiger partial charge in [0.1, 0.15) is 6.61 Å². The lowest BCUT2D eigenvalue weighted by atomic mass is 10.0. The fourth-order valence-electron chi connectivity index (χ4n) is 8.00. The second-order valence-corrected chi connectivity index (χ2v) is 18.8. The van der Waals surface area contributed by atoms with Gasteiger partial charge < -0.3 is 14.2 Å². The third-order valence-corrected chi connectivity index (χ3v) is 12.2. The summed E-state index contributed by atoms with van der Waals surface area (Å²) in [7, 11) is 0. The van der Waals surface area contributed by atoms with Gasteiger partial charge in [-0.15, -0.1) is 0 Å². The average Bonchev–Trinajstić information content (AvgIpc) is 3.32. The quantitative estimate of drug-likeness (QED) is 0.0346. The highest BCUT2D eigenvalue weighted by atomic mass is 16.6. The standard InChI is InChI=1S/C61H108O5/c1-4-7-10-13-16-19-22-25-27-29-31-32-34-37-39-42-45-48-51-54-60(62)65-58-59(66-61(63)55-52-49-46-43-40-36-24-21-18-15-12-9-6-3)57-64-56-53-50-47-44-41-38-35-33-30-28-26-23-20-17-14-11-8-5-2/h7,10,16,19,25-28,31-32,37,39,59H,4-6,8-9,11-15,17-18,20-24,29-30,33-36,38,40-58H2,1-3H3/b10-7-,19-16-,27-25-,28-26-,32-31-,39-37-. The number of hydrogen-bond donors (Lipinski definition) is 0. The fourth-order valence-corrected chi connectivity index (χ4v) is 8.00. The van der Waals surface area contributed by atoms with Gasteiger partial charge in [-0.25, -0.2) is 0 Å². The normalized spacial score (nSPS) is 12.7. The van der Waals surface area contributed by atoms with Crippen molar-refractivity contribution in [1.29, 1.82) is 0 Å². The molecule has 0 rings (SSSR count). The zero-order valence-electron chi connectivity index (χ0n) is 44.0. The fraction of sp³-hybridized carbons (Fsp3) is 0.770. The summed E-state index contributed by atoms with van der Waals surface area (Å²) in [5, 5.41) is 0. The molecule has 0 saturated carbocycles. The smallest absolute Gasteiger partial charge is 0.306 e. The number of unbranched alkanes of at least 4 members (excludes halogenated alkanes) is 29. The molecule has 0 aromatic rings. The first-order chi connectivity index (χ1) is 32.6. The number of ether oxygens (including phenoxy) is 3. The molecule has 0 heterocycles. The maximum Gasteiger partial charge on any atom is 0.306 e. The summed E-state index contributed by atoms with van der Waals surface area (Å²) in [6, 6.07) is 0. The Bertz CT molecular complexity index is 1180. The van der Waals surface area contributed by atoms with E-state index in [-0.39, 0.29) is 25.2 Å². The van der Waals surface area contributed by atoms with Crippen LogP contribution in [0.2, 0.25) is 0 Å². The van der Waals surface area contributed by atoms with Crippen LogP contribution in [0, 0.1) is 0 Å². The van der Waals surface area contributed by atoms with Gasteiger partial charge in [0.25, 0.3) is 0 Å². The monoisotopic (exact) mass is 921 g/mol. The van der Waals surface area contributed by atoms with Crippen molar-refractivity contribution >= 4 is 11.9 Å². The number of allylic oxidation sites excluding steroid dienone is 12. The van der Waals surface area contributed by atoms with Crippen LogP contribution in [0.5, 0.6) is 0 Å². The molecule has 0 aromatic heterocycles. The van der Waals surface area contributed by atoms with Gasteiger partial charge in [0.15, 0.2) is 6.10 Å². The summed E-state index contributed by atoms with van der Waals surface area (Å²) in [5.41, 5.74) is 0. The van der Waals surface area contributed by atoms with Crippen LogP contribution >= 0.6 is 0 Å². The van der Waals surface area contributed by atoms with Crippen LogP contribution in [0.3, 0.4) is 0 Å². The van der Waals surface area contributed by atoms with Crippen LogP contribution < -0.4 is 0 Å². The van der Waals surface area contributed by atoms with E-state index in [2.05, 4.69) is 93.7 Å². The summed E-state index contributed by atoms with van der Waals surface area (Å²) in [5.74, 6) is -0.427. The van der Waals surface area contributed by atoms with Gasteiger partial charge in [0.05, 0.1) is 6.61 Å². The van der Waals surface area contributed by atoms with Gasteiger partial charge in [-0.2, -0.15) is 0 Å². The molecular weight excluding hydrogens is 813 g/mol. The van der Waals surface area contributed by atoms with E-state index in [9.17, 15) is 9.59 Å². The van der Waals surface area contributed by atoms with E-state index in [1.54, 1.807) is 0 Å². The van der Waals surface area contributed by atoms with Crippen molar-refractivity contribution in [2.75, 3.05) is 19.8 Å². The Hall–Kier alpha value is -2.66. The molecule has 0 N–H and O–H groups in total. The molecule has 0 radical (unpaired) electrons. The Morgan fingerprint density at radius 3 is 1.12 bits per heavy atom. The number of carbonyl (C=O) groups excluding carboxylic acids is 2. The molecule has 0 aromatic carbocycles. The number of hydrogen-bond acceptors (Lipinski definition) is 5. The van der Waals surface area contributed by atoms with Crippen LogP contribution in [0.4, 0.5) is 0 Å². The van der Waals surface area contributed by atoms with Crippen LogP contribution in [-0.4, -0.2) is 37.9 Å². The first kappa shape index (κ1) is 63.3. The van der Waals surface area contributed by atoms with Crippen molar-refractivity contribution in [1.82, 2.24) is 0 Å². The molecule has 1 unspecified atom stereocenters. The van der Waals surface area contributed by atoms with Gasteiger partial charge >= 0.3 is 11.9 Å². The number of carbonyl (C=O) groups is 2. The van der Waals surface area contributed by atoms with Crippen LogP contribution in [0.1, 0.15) is 278 Å². The molecule has 0 aliphatic carbocycles. The van der Waals surface area contributed by atoms with E-state index in [1.807, 2.05) is 0 Å². The minimum absolute atomic E-state index is 0.0676. The zero-order valence-corrected chi connectivity index (χ0v) is 44.0. The summed E-state index contributed by atoms with van der Waals surface area (Å²) in [6.45, 7) is 7.70. The first-order valence-electron chi connectivity index (χ1n) is 28.5. The highest BCUT2D eigenvalue weighted by Crippen LogP contribution is 2.15. The molecular formula is C61H108O5. The lowest BCUT2D eigenvalue weighted by Gasteiger charge is -2.18. The topological polar surface area (TPSA) is 61.8 Å². The van der Waals surface area contributed by atoms with Crippen molar-refractivity contribution in [2.24, 2.45) is 0 Å². The van der Waals surface area contributed by atoms with Crippen LogP contribution in [0.25, 0.3) is 0 Å². The summed E-state index contributed by atoms with van der Waals surface area (Å²) in [6.07, 6.45) is 73.5. The van der Waals surface area contributed by atoms with Crippen molar-refractivity contribution in [3.05, 3.63) is 72.9 Å². The van der Waals surface area contributed by atoms with E-state index in [0.29, 0.717) is 19.4 Å². The lowest BCUT2D eigenvalue weighted by molar-refractivity contribution is -0.163. The Morgan fingerprint density at radius 1 is 0.348 bits per heavy atom. The summed E-state index contributed by atoms with van der Waals surface area (Å²) < 4.78 is 17.4. The molecule has 0 fully saturated rings. The van der Waals surface area contributed by atoms with E-state index < -0.39 is 6.10 Å². The minimum Gasteiger partial charge on any atom is -0.462 e. The van der Waals surface area contributed by atoms with Gasteiger partial charge in [0, 0.05) is 19.4 Å². The highest BCUT2D eigenvalue weighted by Gasteiger charge is 2.17. The predicted molar refractivity (Wildman–Crippen MR) is 288 cm³/mol. The highest BCUT2D eigenvalue weighted by molar-refractivity contribution is 5.70. The maximum absolute atomic E-state index is 12.8. The Morgan fingerprint density at radius 2 is 0.682 bits per heavy atom. The molecule has 1 atom stereocenters. The molecule has 5 nitrogen and oxygen atoms in total. The van der Waals surface area contributed by atoms with Gasteiger partial charge in [-0.3, -0.25) is 9.59 Å². The Kier molecular flexibility index (Phi) is 54.4. The van der Waals surface area contributed by atoms with Crippen molar-refractivity contribution in [2.45, 2.75) is 284 Å². The largest absolute Gasteiger partial charge is 0.462 e. The van der Waals surface area contributed by atoms with Gasteiger partial charge in [0.2, 0.25) is 0 Å². The third kappa shape index (κ3) is 54.0. The SMILES string of the molecule is CC/C=C\C/C=C\C/C=C\C/C=C\C/C=C\CCCCCC(=O)OCC(COCCCCCCCCCC/C=C\CCCCCCCC)OC(=O)CCCCCCCCCCCCCCC. The molecule has 0 bridgehead atoms. The predicted octanol–water partition coefficient (Wildman–Crippen LogP) is 19.5. The third-order valence-electron chi connectivity index (χ3n) is 12.2. The summed E-state index contributed by atoms with van der Waals surface area (Å²) >= 11 is 0. The first-order valence-corrected chi connectivity index (χ1v) is 28.5. The molecule has 66 heavy (non-hydrogen) atoms. The zero-order chi connectivity index (χ0) is 47.7. The average molecular weight is 922 g/mol. The summed E-state index contributed by atoms with van der Waals surface area (Å²) in [4.78, 5) is 25.5. The minimum atomic E-state index is -0.552.